The van der Waals surface area contributed by atoms with Crippen molar-refractivity contribution < 1.29 is 19.1 Å². The van der Waals surface area contributed by atoms with Gasteiger partial charge in [0.15, 0.2) is 0 Å². The van der Waals surface area contributed by atoms with Gasteiger partial charge in [0.25, 0.3) is 17.7 Å². The van der Waals surface area contributed by atoms with Gasteiger partial charge in [-0.1, -0.05) is 0 Å². The summed E-state index contributed by atoms with van der Waals surface area (Å²) in [5.41, 5.74) is 2.07. The summed E-state index contributed by atoms with van der Waals surface area (Å²) in [4.78, 5) is 40.2. The molecule has 0 radical (unpaired) electrons. The number of carbonyl (C=O) groups excluding carboxylic acids is 3. The van der Waals surface area contributed by atoms with Crippen molar-refractivity contribution >= 4 is 23.4 Å². The lowest BCUT2D eigenvalue weighted by atomic mass is 10.0. The van der Waals surface area contributed by atoms with Gasteiger partial charge in [-0.3, -0.25) is 19.3 Å². The number of hydrogen-bond donors (Lipinski definition) is 1. The molecule has 0 unspecified atom stereocenters. The Labute approximate surface area is 169 Å². The van der Waals surface area contributed by atoms with E-state index in [0.29, 0.717) is 29.8 Å². The molecule has 2 aliphatic rings. The number of imide groups is 1. The quantitative estimate of drug-likeness (QED) is 0.808. The number of methoxy groups -OCH3 is 1. The molecule has 7 heteroatoms. The summed E-state index contributed by atoms with van der Waals surface area (Å²) in [6.45, 7) is 1.25. The first-order valence-corrected chi connectivity index (χ1v) is 9.64. The highest BCUT2D eigenvalue weighted by Crippen LogP contribution is 2.25. The van der Waals surface area contributed by atoms with E-state index in [2.05, 4.69) is 5.32 Å². The number of likely N-dealkylation sites (tertiary alicyclic amines) is 1. The number of benzene rings is 2. The predicted octanol–water partition coefficient (Wildman–Crippen LogP) is 2.64. The first-order chi connectivity index (χ1) is 14.0. The van der Waals surface area contributed by atoms with Crippen LogP contribution in [0.2, 0.25) is 0 Å². The molecule has 2 heterocycles. The zero-order chi connectivity index (χ0) is 20.5. The normalized spacial score (nSPS) is 18.6. The van der Waals surface area contributed by atoms with Crippen molar-refractivity contribution in [1.82, 2.24) is 9.80 Å². The van der Waals surface area contributed by atoms with Crippen molar-refractivity contribution in [2.45, 2.75) is 18.9 Å². The van der Waals surface area contributed by atoms with Crippen molar-refractivity contribution in [1.29, 1.82) is 0 Å². The number of nitrogens with one attached hydrogen (secondary N) is 1. The van der Waals surface area contributed by atoms with Gasteiger partial charge in [-0.2, -0.15) is 0 Å². The molecule has 29 heavy (non-hydrogen) atoms. The number of fused-ring (bicyclic) bond motifs is 1. The van der Waals surface area contributed by atoms with Crippen molar-refractivity contribution in [3.05, 3.63) is 59.2 Å². The third kappa shape index (κ3) is 3.55. The first kappa shape index (κ1) is 19.0. The van der Waals surface area contributed by atoms with E-state index >= 15 is 0 Å². The van der Waals surface area contributed by atoms with E-state index in [1.807, 2.05) is 24.3 Å². The number of ether oxygens (including phenoxy) is 1. The number of anilines is 1. The molecule has 3 amide bonds. The van der Waals surface area contributed by atoms with Gasteiger partial charge in [-0.05, 0) is 55.3 Å². The summed E-state index contributed by atoms with van der Waals surface area (Å²) in [7, 11) is 3.08. The van der Waals surface area contributed by atoms with E-state index in [1.165, 1.54) is 7.05 Å². The fourth-order valence-corrected chi connectivity index (χ4v) is 3.88. The topological polar surface area (TPSA) is 79.0 Å². The maximum absolute atomic E-state index is 13.0. The summed E-state index contributed by atoms with van der Waals surface area (Å²) >= 11 is 0. The molecule has 2 aliphatic heterocycles. The van der Waals surface area contributed by atoms with Crippen molar-refractivity contribution in [3.8, 4) is 5.75 Å². The lowest BCUT2D eigenvalue weighted by molar-refractivity contribution is 0.0691. The molecule has 2 aromatic rings. The molecule has 0 spiro atoms. The second-order valence-electron chi connectivity index (χ2n) is 7.39. The van der Waals surface area contributed by atoms with Crippen molar-refractivity contribution in [3.63, 3.8) is 0 Å². The van der Waals surface area contributed by atoms with Gasteiger partial charge in [0.05, 0.1) is 18.2 Å². The Morgan fingerprint density at radius 2 is 1.79 bits per heavy atom. The lowest BCUT2D eigenvalue weighted by Crippen LogP contribution is -2.45. The van der Waals surface area contributed by atoms with Crippen LogP contribution in [-0.4, -0.2) is 60.8 Å². The minimum Gasteiger partial charge on any atom is -0.497 e. The molecule has 0 bridgehead atoms. The zero-order valence-electron chi connectivity index (χ0n) is 16.5. The van der Waals surface area contributed by atoms with Gasteiger partial charge >= 0.3 is 0 Å². The predicted molar refractivity (Wildman–Crippen MR) is 108 cm³/mol. The summed E-state index contributed by atoms with van der Waals surface area (Å²) in [5, 5.41) is 3.47. The fourth-order valence-electron chi connectivity index (χ4n) is 3.88. The van der Waals surface area contributed by atoms with Gasteiger partial charge in [-0.25, -0.2) is 0 Å². The number of rotatable bonds is 4. The van der Waals surface area contributed by atoms with Crippen LogP contribution in [0.5, 0.6) is 5.75 Å². The number of piperidine rings is 1. The average Bonchev–Trinajstić information content (AvgIpc) is 2.97. The first-order valence-electron chi connectivity index (χ1n) is 9.64. The summed E-state index contributed by atoms with van der Waals surface area (Å²) in [5.74, 6) is -0.0156. The van der Waals surface area contributed by atoms with Crippen LogP contribution in [-0.2, 0) is 0 Å². The maximum atomic E-state index is 13.0. The lowest BCUT2D eigenvalue weighted by Gasteiger charge is -2.34. The molecule has 1 saturated heterocycles. The summed E-state index contributed by atoms with van der Waals surface area (Å²) in [6.07, 6.45) is 1.86. The molecule has 150 valence electrons. The summed E-state index contributed by atoms with van der Waals surface area (Å²) in [6, 6.07) is 12.6. The Kier molecular flexibility index (Phi) is 4.96. The Hall–Kier alpha value is -3.35. The van der Waals surface area contributed by atoms with Crippen molar-refractivity contribution in [2.75, 3.05) is 32.6 Å². The average molecular weight is 393 g/mol. The van der Waals surface area contributed by atoms with E-state index in [-0.39, 0.29) is 23.8 Å². The molecule has 1 atom stereocenters. The van der Waals surface area contributed by atoms with Gasteiger partial charge < -0.3 is 15.0 Å². The van der Waals surface area contributed by atoms with Gasteiger partial charge in [0.2, 0.25) is 0 Å². The second kappa shape index (κ2) is 7.58. The van der Waals surface area contributed by atoms with Crippen LogP contribution < -0.4 is 10.1 Å². The van der Waals surface area contributed by atoms with Crippen LogP contribution in [0.1, 0.15) is 43.9 Å². The van der Waals surface area contributed by atoms with Crippen LogP contribution in [0.3, 0.4) is 0 Å². The Morgan fingerprint density at radius 3 is 2.52 bits per heavy atom. The molecule has 1 fully saturated rings. The SMILES string of the molecule is COc1ccc(N[C@H]2CCCN(C(=O)c3ccc4c(c3)C(=O)N(C)C4=O)C2)cc1. The smallest absolute Gasteiger partial charge is 0.261 e. The van der Waals surface area contributed by atoms with E-state index in [1.54, 1.807) is 30.2 Å². The molecular formula is C22H23N3O4. The second-order valence-corrected chi connectivity index (χ2v) is 7.39. The van der Waals surface area contributed by atoms with Crippen LogP contribution in [0.25, 0.3) is 0 Å². The minimum absolute atomic E-state index is 0.121. The molecule has 1 N–H and O–H groups in total. The molecule has 0 aliphatic carbocycles. The minimum atomic E-state index is -0.364. The van der Waals surface area contributed by atoms with Gasteiger partial charge in [0.1, 0.15) is 5.75 Å². The Bertz CT molecular complexity index is 971. The van der Waals surface area contributed by atoms with E-state index < -0.39 is 0 Å². The number of hydrogen-bond acceptors (Lipinski definition) is 5. The van der Waals surface area contributed by atoms with Gasteiger partial charge in [-0.15, -0.1) is 0 Å². The molecule has 4 rings (SSSR count). The molecule has 0 saturated carbocycles. The van der Waals surface area contributed by atoms with E-state index in [0.717, 1.165) is 29.2 Å². The fraction of sp³-hybridized carbons (Fsp3) is 0.318. The Balaban J connectivity index is 1.46. The highest BCUT2D eigenvalue weighted by atomic mass is 16.5. The number of carbonyl (C=O) groups is 3. The van der Waals surface area contributed by atoms with E-state index in [9.17, 15) is 14.4 Å². The molecule has 7 nitrogen and oxygen atoms in total. The number of amides is 3. The molecule has 0 aromatic heterocycles. The molecular weight excluding hydrogens is 370 g/mol. The zero-order valence-corrected chi connectivity index (χ0v) is 16.5. The highest BCUT2D eigenvalue weighted by molar-refractivity contribution is 6.21. The van der Waals surface area contributed by atoms with Crippen molar-refractivity contribution in [2.24, 2.45) is 0 Å². The molecule has 2 aromatic carbocycles. The van der Waals surface area contributed by atoms with Crippen LogP contribution in [0, 0.1) is 0 Å². The van der Waals surface area contributed by atoms with Gasteiger partial charge in [0, 0.05) is 37.4 Å². The van der Waals surface area contributed by atoms with Crippen LogP contribution in [0.4, 0.5) is 5.69 Å². The standard InChI is InChI=1S/C22H23N3O4/c1-24-21(27)18-10-5-14(12-19(18)22(24)28)20(26)25-11-3-4-16(13-25)23-15-6-8-17(29-2)9-7-15/h5-10,12,16,23H,3-4,11,13H2,1-2H3/t16-/m0/s1. The third-order valence-electron chi connectivity index (χ3n) is 5.51. The highest BCUT2D eigenvalue weighted by Gasteiger charge is 2.34. The van der Waals surface area contributed by atoms with E-state index in [4.69, 9.17) is 4.74 Å². The maximum Gasteiger partial charge on any atom is 0.261 e. The van der Waals surface area contributed by atoms with Crippen LogP contribution in [0.15, 0.2) is 42.5 Å². The summed E-state index contributed by atoms with van der Waals surface area (Å²) < 4.78 is 5.18. The monoisotopic (exact) mass is 393 g/mol. The number of nitrogens with zero attached hydrogens (tertiary/aromatic N) is 2. The van der Waals surface area contributed by atoms with Crippen LogP contribution >= 0.6 is 0 Å². The Morgan fingerprint density at radius 1 is 1.07 bits per heavy atom. The third-order valence-corrected chi connectivity index (χ3v) is 5.51. The largest absolute Gasteiger partial charge is 0.497 e.